The molecule has 2 nitrogen and oxygen atoms in total. The van der Waals surface area contributed by atoms with Crippen molar-refractivity contribution >= 4 is 38.3 Å². The molecular formula is C15H5BrClF10NOS. The van der Waals surface area contributed by atoms with E-state index in [-0.39, 0.29) is 0 Å². The van der Waals surface area contributed by atoms with Gasteiger partial charge in [0.05, 0.1) is 0 Å². The lowest BCUT2D eigenvalue weighted by Gasteiger charge is -2.32. The molecule has 0 spiro atoms. The van der Waals surface area contributed by atoms with Crippen LogP contribution in [0.3, 0.4) is 0 Å². The maximum atomic E-state index is 14.8. The van der Waals surface area contributed by atoms with E-state index in [4.69, 9.17) is 11.6 Å². The van der Waals surface area contributed by atoms with Crippen molar-refractivity contribution in [2.45, 2.75) is 28.4 Å². The molecule has 0 bridgehead atoms. The van der Waals surface area contributed by atoms with Crippen molar-refractivity contribution in [2.75, 3.05) is 0 Å². The minimum Gasteiger partial charge on any atom is -0.245 e. The van der Waals surface area contributed by atoms with Crippen LogP contribution in [-0.2, 0) is 16.5 Å². The summed E-state index contributed by atoms with van der Waals surface area (Å²) in [6.45, 7) is 0. The Bertz CT molecular complexity index is 975. The van der Waals surface area contributed by atoms with Crippen LogP contribution in [0, 0.1) is 0 Å². The van der Waals surface area contributed by atoms with Gasteiger partial charge in [0.15, 0.2) is 10.8 Å². The quantitative estimate of drug-likeness (QED) is 0.301. The summed E-state index contributed by atoms with van der Waals surface area (Å²) in [5.41, 5.74) is -15.7. The van der Waals surface area contributed by atoms with Crippen LogP contribution in [-0.4, -0.2) is 27.1 Å². The molecule has 0 radical (unpaired) electrons. The summed E-state index contributed by atoms with van der Waals surface area (Å²) < 4.78 is 144. The van der Waals surface area contributed by atoms with Crippen LogP contribution in [0.25, 0.3) is 11.1 Å². The minimum atomic E-state index is -6.65. The van der Waals surface area contributed by atoms with Crippen molar-refractivity contribution < 1.29 is 48.1 Å². The van der Waals surface area contributed by atoms with Gasteiger partial charge in [0, 0.05) is 32.3 Å². The van der Waals surface area contributed by atoms with Crippen LogP contribution in [0.4, 0.5) is 43.9 Å². The minimum absolute atomic E-state index is 0.360. The van der Waals surface area contributed by atoms with Gasteiger partial charge in [-0.15, -0.1) is 0 Å². The summed E-state index contributed by atoms with van der Waals surface area (Å²) >= 11 is 8.24. The molecule has 2 rings (SSSR count). The van der Waals surface area contributed by atoms with Crippen molar-refractivity contribution in [1.82, 2.24) is 4.98 Å². The molecule has 0 amide bonds. The van der Waals surface area contributed by atoms with Crippen molar-refractivity contribution in [3.8, 4) is 11.1 Å². The lowest BCUT2D eigenvalue weighted by Crippen LogP contribution is -2.50. The van der Waals surface area contributed by atoms with Crippen LogP contribution in [0.5, 0.6) is 0 Å². The van der Waals surface area contributed by atoms with Crippen molar-refractivity contribution in [2.24, 2.45) is 0 Å². The Labute approximate surface area is 176 Å². The first kappa shape index (κ1) is 24.9. The first-order valence-corrected chi connectivity index (χ1v) is 9.51. The summed E-state index contributed by atoms with van der Waals surface area (Å²) in [5, 5.41) is -0.657. The largest absolute Gasteiger partial charge is 0.475 e. The number of halogens is 12. The molecule has 0 aliphatic rings. The van der Waals surface area contributed by atoms with Gasteiger partial charge in [0.1, 0.15) is 5.15 Å². The summed E-state index contributed by atoms with van der Waals surface area (Å²) in [6.07, 6.45) is -12.3. The Hall–Kier alpha value is -1.41. The fourth-order valence-corrected chi connectivity index (χ4v) is 4.16. The molecule has 0 fully saturated rings. The molecule has 1 unspecified atom stereocenters. The Morgan fingerprint density at radius 2 is 1.47 bits per heavy atom. The number of nitrogens with zero attached hydrogens (tertiary/aromatic N) is 1. The average molecular weight is 553 g/mol. The molecule has 0 saturated heterocycles. The van der Waals surface area contributed by atoms with Gasteiger partial charge in [-0.2, -0.15) is 39.5 Å². The molecule has 2 aromatic rings. The first-order chi connectivity index (χ1) is 13.4. The number of alkyl halides is 10. The van der Waals surface area contributed by atoms with Gasteiger partial charge in [-0.1, -0.05) is 27.5 Å². The third-order valence-electron chi connectivity index (χ3n) is 3.67. The molecule has 0 aliphatic carbocycles. The maximum absolute atomic E-state index is 14.8. The lowest BCUT2D eigenvalue weighted by molar-refractivity contribution is -0.348. The second-order valence-corrected chi connectivity index (χ2v) is 8.22. The molecule has 1 aromatic heterocycles. The number of hydrogen-bond donors (Lipinski definition) is 0. The molecule has 0 saturated carbocycles. The molecule has 1 atom stereocenters. The smallest absolute Gasteiger partial charge is 0.245 e. The Morgan fingerprint density at radius 1 is 0.933 bits per heavy atom. The van der Waals surface area contributed by atoms with Gasteiger partial charge < -0.3 is 0 Å². The van der Waals surface area contributed by atoms with Crippen LogP contribution < -0.4 is 0 Å². The SMILES string of the molecule is O=S(c1cc(Br)c(-c2cccnc2Cl)c(C(F)(C(F)(F)F)C(F)(F)F)c1)C(F)(F)F. The topological polar surface area (TPSA) is 30.0 Å². The van der Waals surface area contributed by atoms with E-state index < -0.39 is 71.6 Å². The van der Waals surface area contributed by atoms with E-state index in [0.29, 0.717) is 6.07 Å². The van der Waals surface area contributed by atoms with E-state index in [1.165, 1.54) is 0 Å². The van der Waals surface area contributed by atoms with Gasteiger partial charge in [-0.05, 0) is 24.3 Å². The third kappa shape index (κ3) is 4.31. The predicted octanol–water partition coefficient (Wildman–Crippen LogP) is 7.08. The van der Waals surface area contributed by atoms with E-state index >= 15 is 0 Å². The zero-order valence-electron chi connectivity index (χ0n) is 13.7. The molecular weight excluding hydrogens is 548 g/mol. The van der Waals surface area contributed by atoms with Gasteiger partial charge in [-0.3, -0.25) is 0 Å². The van der Waals surface area contributed by atoms with Crippen LogP contribution in [0.15, 0.2) is 39.8 Å². The van der Waals surface area contributed by atoms with Gasteiger partial charge in [0.2, 0.25) is 0 Å². The normalized spacial score (nSPS) is 14.7. The van der Waals surface area contributed by atoms with E-state index in [2.05, 4.69) is 20.9 Å². The molecule has 1 heterocycles. The maximum Gasteiger partial charge on any atom is 0.475 e. The highest BCUT2D eigenvalue weighted by atomic mass is 79.9. The van der Waals surface area contributed by atoms with E-state index in [1.807, 2.05) is 0 Å². The average Bonchev–Trinajstić information content (AvgIpc) is 2.57. The Morgan fingerprint density at radius 3 is 1.90 bits per heavy atom. The van der Waals surface area contributed by atoms with E-state index in [9.17, 15) is 48.1 Å². The molecule has 0 N–H and O–H groups in total. The van der Waals surface area contributed by atoms with Crippen molar-refractivity contribution in [1.29, 1.82) is 0 Å². The number of benzene rings is 1. The summed E-state index contributed by atoms with van der Waals surface area (Å²) in [7, 11) is -4.06. The number of aromatic nitrogens is 1. The molecule has 30 heavy (non-hydrogen) atoms. The van der Waals surface area contributed by atoms with Gasteiger partial charge in [-0.25, -0.2) is 13.6 Å². The van der Waals surface area contributed by atoms with Gasteiger partial charge >= 0.3 is 23.5 Å². The third-order valence-corrected chi connectivity index (χ3v) is 5.68. The molecule has 0 aliphatic heterocycles. The fourth-order valence-electron chi connectivity index (χ4n) is 2.41. The number of pyridine rings is 1. The Kier molecular flexibility index (Phi) is 6.57. The van der Waals surface area contributed by atoms with Gasteiger partial charge in [0.25, 0.3) is 0 Å². The first-order valence-electron chi connectivity index (χ1n) is 7.18. The van der Waals surface area contributed by atoms with Crippen LogP contribution in [0.1, 0.15) is 5.56 Å². The molecule has 15 heteroatoms. The van der Waals surface area contributed by atoms with Crippen molar-refractivity contribution in [3.63, 3.8) is 0 Å². The zero-order chi connectivity index (χ0) is 23.3. The summed E-state index contributed by atoms with van der Waals surface area (Å²) in [4.78, 5) is 1.92. The highest BCUT2D eigenvalue weighted by Crippen LogP contribution is 2.57. The second-order valence-electron chi connectivity index (χ2n) is 5.54. The van der Waals surface area contributed by atoms with E-state index in [1.54, 1.807) is 0 Å². The van der Waals surface area contributed by atoms with E-state index in [0.717, 1.165) is 18.3 Å². The lowest BCUT2D eigenvalue weighted by atomic mass is 9.87. The standard InChI is InChI=1S/C15H5BrClF10NOS/c16-9-5-6(30(29)15(25,26)27)4-8(10(9)7-2-1-3-28-11(7)17)12(18,13(19,20)21)14(22,23)24/h1-5H. The molecule has 166 valence electrons. The van der Waals surface area contributed by atoms with Crippen LogP contribution >= 0.6 is 27.5 Å². The number of rotatable bonds is 3. The zero-order valence-corrected chi connectivity index (χ0v) is 16.8. The van der Waals surface area contributed by atoms with Crippen LogP contribution in [0.2, 0.25) is 5.15 Å². The monoisotopic (exact) mass is 551 g/mol. The fraction of sp³-hybridized carbons (Fsp3) is 0.267. The summed E-state index contributed by atoms with van der Waals surface area (Å²) in [6, 6.07) is 1.89. The highest BCUT2D eigenvalue weighted by Gasteiger charge is 2.74. The summed E-state index contributed by atoms with van der Waals surface area (Å²) in [5.74, 6) is 0. The predicted molar refractivity (Wildman–Crippen MR) is 89.7 cm³/mol. The number of hydrogen-bond acceptors (Lipinski definition) is 2. The molecule has 1 aromatic carbocycles. The second kappa shape index (κ2) is 7.93. The Balaban J connectivity index is 3.05. The highest BCUT2D eigenvalue weighted by molar-refractivity contribution is 9.10. The van der Waals surface area contributed by atoms with Crippen molar-refractivity contribution in [3.05, 3.63) is 45.7 Å².